The van der Waals surface area contributed by atoms with E-state index in [0.717, 1.165) is 12.1 Å². The summed E-state index contributed by atoms with van der Waals surface area (Å²) in [5.74, 6) is -8.35. The van der Waals surface area contributed by atoms with E-state index in [0.29, 0.717) is 12.1 Å². The van der Waals surface area contributed by atoms with E-state index in [-0.39, 0.29) is 5.56 Å². The lowest BCUT2D eigenvalue weighted by Gasteiger charge is -2.07. The molecule has 20 heavy (non-hydrogen) atoms. The molecule has 2 aromatic carbocycles. The zero-order valence-corrected chi connectivity index (χ0v) is 10.1. The molecule has 0 aliphatic carbocycles. The number of carbonyl (C=O) groups excluding carboxylic acids is 1. The molecule has 2 aromatic rings. The summed E-state index contributed by atoms with van der Waals surface area (Å²) >= 11 is 0. The van der Waals surface area contributed by atoms with Gasteiger partial charge in [-0.2, -0.15) is 0 Å². The monoisotopic (exact) mass is 286 g/mol. The zero-order valence-electron chi connectivity index (χ0n) is 10.1. The van der Waals surface area contributed by atoms with Gasteiger partial charge in [0, 0.05) is 12.1 Å². The minimum absolute atomic E-state index is 0.0564. The van der Waals surface area contributed by atoms with Gasteiger partial charge in [0.15, 0.2) is 11.6 Å². The van der Waals surface area contributed by atoms with Crippen molar-refractivity contribution in [1.82, 2.24) is 0 Å². The van der Waals surface area contributed by atoms with E-state index in [1.54, 1.807) is 0 Å². The summed E-state index contributed by atoms with van der Waals surface area (Å²) in [5.41, 5.74) is -2.01. The highest BCUT2D eigenvalue weighted by Crippen LogP contribution is 2.22. The van der Waals surface area contributed by atoms with Gasteiger partial charge in [0.05, 0.1) is 11.1 Å². The van der Waals surface area contributed by atoms with Gasteiger partial charge in [-0.1, -0.05) is 6.07 Å². The van der Waals surface area contributed by atoms with Crippen molar-refractivity contribution in [2.75, 3.05) is 0 Å². The molecule has 6 heteroatoms. The van der Waals surface area contributed by atoms with E-state index in [9.17, 15) is 26.7 Å². The number of halogens is 5. The van der Waals surface area contributed by atoms with Gasteiger partial charge in [-0.3, -0.25) is 4.79 Å². The van der Waals surface area contributed by atoms with E-state index in [1.165, 1.54) is 6.92 Å². The van der Waals surface area contributed by atoms with Crippen molar-refractivity contribution in [2.45, 2.75) is 6.92 Å². The predicted octanol–water partition coefficient (Wildman–Crippen LogP) is 3.92. The van der Waals surface area contributed by atoms with Gasteiger partial charge in [-0.15, -0.1) is 0 Å². The van der Waals surface area contributed by atoms with Gasteiger partial charge in [0.1, 0.15) is 17.5 Å². The number of aryl methyl sites for hydroxylation is 1. The largest absolute Gasteiger partial charge is 0.288 e. The summed E-state index contributed by atoms with van der Waals surface area (Å²) < 4.78 is 66.6. The van der Waals surface area contributed by atoms with Crippen LogP contribution in [0.2, 0.25) is 0 Å². The van der Waals surface area contributed by atoms with Gasteiger partial charge >= 0.3 is 0 Å². The fraction of sp³-hybridized carbons (Fsp3) is 0.0714. The first kappa shape index (κ1) is 14.2. The Balaban J connectivity index is 2.61. The first-order chi connectivity index (χ1) is 9.32. The molecular weight excluding hydrogens is 279 g/mol. The lowest BCUT2D eigenvalue weighted by Crippen LogP contribution is -2.11. The minimum atomic E-state index is -1.50. The summed E-state index contributed by atoms with van der Waals surface area (Å²) in [4.78, 5) is 11.9. The number of rotatable bonds is 2. The van der Waals surface area contributed by atoms with Gasteiger partial charge in [0.25, 0.3) is 0 Å². The lowest BCUT2D eigenvalue weighted by atomic mass is 10.00. The van der Waals surface area contributed by atoms with Crippen LogP contribution in [0, 0.1) is 36.0 Å². The van der Waals surface area contributed by atoms with Gasteiger partial charge in [-0.05, 0) is 18.6 Å². The maximum absolute atomic E-state index is 13.6. The van der Waals surface area contributed by atoms with Crippen LogP contribution in [0.15, 0.2) is 24.3 Å². The van der Waals surface area contributed by atoms with E-state index >= 15 is 0 Å². The van der Waals surface area contributed by atoms with Crippen LogP contribution in [0.5, 0.6) is 0 Å². The molecule has 0 aromatic heterocycles. The summed E-state index contributed by atoms with van der Waals surface area (Å²) in [5, 5.41) is 0. The van der Waals surface area contributed by atoms with Crippen LogP contribution >= 0.6 is 0 Å². The Morgan fingerprint density at radius 1 is 0.900 bits per heavy atom. The first-order valence-electron chi connectivity index (χ1n) is 5.46. The van der Waals surface area contributed by atoms with Crippen LogP contribution in [-0.4, -0.2) is 5.78 Å². The summed E-state index contributed by atoms with van der Waals surface area (Å²) in [6.07, 6.45) is 0. The Labute approximate surface area is 110 Å². The van der Waals surface area contributed by atoms with Crippen LogP contribution < -0.4 is 0 Å². The molecule has 104 valence electrons. The molecule has 0 aliphatic heterocycles. The highest BCUT2D eigenvalue weighted by molar-refractivity contribution is 6.09. The zero-order chi connectivity index (χ0) is 15.0. The van der Waals surface area contributed by atoms with Crippen molar-refractivity contribution in [1.29, 1.82) is 0 Å². The molecule has 0 fully saturated rings. The summed E-state index contributed by atoms with van der Waals surface area (Å²) in [7, 11) is 0. The number of benzene rings is 2. The van der Waals surface area contributed by atoms with Crippen LogP contribution in [0.3, 0.4) is 0 Å². The summed E-state index contributed by atoms with van der Waals surface area (Å²) in [6.45, 7) is 1.27. The normalized spacial score (nSPS) is 10.7. The fourth-order valence-electron chi connectivity index (χ4n) is 1.72. The number of hydrogen-bond donors (Lipinski definition) is 0. The van der Waals surface area contributed by atoms with Crippen LogP contribution in [-0.2, 0) is 0 Å². The molecule has 0 unspecified atom stereocenters. The second-order valence-corrected chi connectivity index (χ2v) is 4.13. The molecule has 0 bridgehead atoms. The second-order valence-electron chi connectivity index (χ2n) is 4.13. The van der Waals surface area contributed by atoms with Crippen molar-refractivity contribution >= 4 is 5.78 Å². The molecule has 0 saturated carbocycles. The van der Waals surface area contributed by atoms with Gasteiger partial charge in [-0.25, -0.2) is 22.0 Å². The Morgan fingerprint density at radius 3 is 2.00 bits per heavy atom. The highest BCUT2D eigenvalue weighted by Gasteiger charge is 2.24. The molecule has 0 aliphatic rings. The molecule has 1 nitrogen and oxygen atoms in total. The quantitative estimate of drug-likeness (QED) is 0.604. The fourth-order valence-corrected chi connectivity index (χ4v) is 1.72. The molecule has 0 saturated heterocycles. The predicted molar refractivity (Wildman–Crippen MR) is 60.8 cm³/mol. The third-order valence-corrected chi connectivity index (χ3v) is 2.75. The van der Waals surface area contributed by atoms with Crippen molar-refractivity contribution in [3.63, 3.8) is 0 Å². The smallest absolute Gasteiger partial charge is 0.201 e. The van der Waals surface area contributed by atoms with Crippen molar-refractivity contribution < 1.29 is 26.7 Å². The standard InChI is InChI=1S/C14H7F5O/c1-6-2-3-8(13(19)12(6)18)14(20)11-9(16)4-7(15)5-10(11)17/h2-5H,1H3. The molecule has 2 rings (SSSR count). The third kappa shape index (κ3) is 2.29. The van der Waals surface area contributed by atoms with E-state index in [4.69, 9.17) is 0 Å². The van der Waals surface area contributed by atoms with E-state index < -0.39 is 46.0 Å². The lowest BCUT2D eigenvalue weighted by molar-refractivity contribution is 0.102. The highest BCUT2D eigenvalue weighted by atomic mass is 19.2. The maximum Gasteiger partial charge on any atom is 0.201 e. The van der Waals surface area contributed by atoms with Crippen LogP contribution in [0.25, 0.3) is 0 Å². The molecule has 0 N–H and O–H groups in total. The Hall–Kier alpha value is -2.24. The molecular formula is C14H7F5O. The number of carbonyl (C=O) groups is 1. The first-order valence-corrected chi connectivity index (χ1v) is 5.46. The molecule has 0 radical (unpaired) electrons. The van der Waals surface area contributed by atoms with Gasteiger partial charge in [0.2, 0.25) is 5.78 Å². The molecule has 0 atom stereocenters. The molecule has 0 spiro atoms. The van der Waals surface area contributed by atoms with Crippen molar-refractivity contribution in [2.24, 2.45) is 0 Å². The Morgan fingerprint density at radius 2 is 1.45 bits per heavy atom. The Kier molecular flexibility index (Phi) is 3.57. The molecule has 0 heterocycles. The molecule has 0 amide bonds. The van der Waals surface area contributed by atoms with Crippen molar-refractivity contribution in [3.05, 3.63) is 70.0 Å². The Bertz CT molecular complexity index is 686. The topological polar surface area (TPSA) is 17.1 Å². The number of hydrogen-bond acceptors (Lipinski definition) is 1. The van der Waals surface area contributed by atoms with Crippen LogP contribution in [0.1, 0.15) is 21.5 Å². The van der Waals surface area contributed by atoms with Crippen molar-refractivity contribution in [3.8, 4) is 0 Å². The number of ketones is 1. The average Bonchev–Trinajstić information content (AvgIpc) is 2.34. The van der Waals surface area contributed by atoms with Gasteiger partial charge < -0.3 is 0 Å². The third-order valence-electron chi connectivity index (χ3n) is 2.75. The SMILES string of the molecule is Cc1ccc(C(=O)c2c(F)cc(F)cc2F)c(F)c1F. The second kappa shape index (κ2) is 5.03. The van der Waals surface area contributed by atoms with E-state index in [1.807, 2.05) is 0 Å². The minimum Gasteiger partial charge on any atom is -0.288 e. The summed E-state index contributed by atoms with van der Waals surface area (Å²) in [6, 6.07) is 2.60. The van der Waals surface area contributed by atoms with Crippen LogP contribution in [0.4, 0.5) is 22.0 Å². The maximum atomic E-state index is 13.6. The average molecular weight is 286 g/mol. The van der Waals surface area contributed by atoms with E-state index in [2.05, 4.69) is 0 Å².